The highest BCUT2D eigenvalue weighted by Crippen LogP contribution is 2.39. The van der Waals surface area contributed by atoms with Gasteiger partial charge in [-0.3, -0.25) is 14.4 Å². The number of hydrogen-bond donors (Lipinski definition) is 0. The van der Waals surface area contributed by atoms with Gasteiger partial charge in [-0.25, -0.2) is 0 Å². The van der Waals surface area contributed by atoms with Crippen LogP contribution in [0.2, 0.25) is 0 Å². The highest BCUT2D eigenvalue weighted by atomic mass is 16.5. The molecular weight excluding hydrogens is 346 g/mol. The Balaban J connectivity index is 1.59. The van der Waals surface area contributed by atoms with Crippen molar-refractivity contribution in [3.63, 3.8) is 0 Å². The maximum Gasteiger partial charge on any atom is 0.225 e. The summed E-state index contributed by atoms with van der Waals surface area (Å²) < 4.78 is 5.15. The highest BCUT2D eigenvalue weighted by Gasteiger charge is 2.43. The van der Waals surface area contributed by atoms with Gasteiger partial charge in [-0.15, -0.1) is 0 Å². The number of carbonyl (C=O) groups is 3. The Morgan fingerprint density at radius 2 is 1.85 bits per heavy atom. The molecule has 1 spiro atoms. The van der Waals surface area contributed by atoms with E-state index < -0.39 is 0 Å². The monoisotopic (exact) mass is 379 g/mol. The first-order chi connectivity index (χ1) is 12.9. The van der Waals surface area contributed by atoms with Crippen LogP contribution in [-0.4, -0.2) is 85.4 Å². The molecule has 3 aliphatic rings. The summed E-state index contributed by atoms with van der Waals surface area (Å²) in [5, 5.41) is 0. The zero-order valence-electron chi connectivity index (χ0n) is 16.7. The van der Waals surface area contributed by atoms with E-state index >= 15 is 0 Å². The van der Waals surface area contributed by atoms with Crippen LogP contribution in [-0.2, 0) is 19.1 Å². The van der Waals surface area contributed by atoms with Gasteiger partial charge in [0.05, 0.1) is 6.61 Å². The molecule has 0 aromatic carbocycles. The van der Waals surface area contributed by atoms with Gasteiger partial charge in [-0.2, -0.15) is 0 Å². The number of rotatable bonds is 4. The summed E-state index contributed by atoms with van der Waals surface area (Å²) in [7, 11) is 1.66. The third-order valence-corrected chi connectivity index (χ3v) is 6.58. The second-order valence-corrected chi connectivity index (χ2v) is 8.45. The van der Waals surface area contributed by atoms with Crippen LogP contribution in [0.4, 0.5) is 0 Å². The van der Waals surface area contributed by atoms with Crippen molar-refractivity contribution in [2.24, 2.45) is 11.3 Å². The molecule has 3 rings (SSSR count). The van der Waals surface area contributed by atoms with Crippen molar-refractivity contribution in [1.82, 2.24) is 14.7 Å². The van der Waals surface area contributed by atoms with Crippen LogP contribution in [0, 0.1) is 11.3 Å². The molecule has 27 heavy (non-hydrogen) atoms. The molecule has 3 amide bonds. The van der Waals surface area contributed by atoms with Gasteiger partial charge in [0, 0.05) is 71.1 Å². The van der Waals surface area contributed by atoms with Crippen molar-refractivity contribution >= 4 is 17.7 Å². The Hall–Kier alpha value is -1.63. The average molecular weight is 380 g/mol. The minimum Gasteiger partial charge on any atom is -0.383 e. The third kappa shape index (κ3) is 4.62. The van der Waals surface area contributed by atoms with Gasteiger partial charge in [0.1, 0.15) is 0 Å². The molecule has 0 radical (unpaired) electrons. The van der Waals surface area contributed by atoms with Crippen LogP contribution in [0.3, 0.4) is 0 Å². The van der Waals surface area contributed by atoms with Gasteiger partial charge < -0.3 is 19.4 Å². The van der Waals surface area contributed by atoms with Crippen molar-refractivity contribution in [2.75, 3.05) is 53.0 Å². The molecule has 3 aliphatic heterocycles. The van der Waals surface area contributed by atoms with E-state index in [1.807, 2.05) is 14.7 Å². The van der Waals surface area contributed by atoms with Crippen LogP contribution in [0.5, 0.6) is 0 Å². The van der Waals surface area contributed by atoms with Crippen molar-refractivity contribution in [1.29, 1.82) is 0 Å². The Labute approximate surface area is 162 Å². The SMILES string of the molecule is COCCN1CC2(CCCN(C(=O)C3CCN(C(C)=O)CC3)C2)CCC1=O. The summed E-state index contributed by atoms with van der Waals surface area (Å²) in [5.41, 5.74) is 0.0373. The van der Waals surface area contributed by atoms with Crippen LogP contribution in [0.25, 0.3) is 0 Å². The lowest BCUT2D eigenvalue weighted by molar-refractivity contribution is -0.147. The van der Waals surface area contributed by atoms with E-state index in [9.17, 15) is 14.4 Å². The highest BCUT2D eigenvalue weighted by molar-refractivity contribution is 5.80. The second-order valence-electron chi connectivity index (χ2n) is 8.45. The van der Waals surface area contributed by atoms with E-state index in [4.69, 9.17) is 4.74 Å². The molecule has 7 heteroatoms. The molecule has 3 saturated heterocycles. The summed E-state index contributed by atoms with van der Waals surface area (Å²) in [5.74, 6) is 0.585. The summed E-state index contributed by atoms with van der Waals surface area (Å²) in [6, 6.07) is 0. The van der Waals surface area contributed by atoms with E-state index in [-0.39, 0.29) is 29.1 Å². The largest absolute Gasteiger partial charge is 0.383 e. The molecule has 7 nitrogen and oxygen atoms in total. The molecule has 152 valence electrons. The number of hydrogen-bond acceptors (Lipinski definition) is 4. The molecule has 0 N–H and O–H groups in total. The van der Waals surface area contributed by atoms with Crippen LogP contribution >= 0.6 is 0 Å². The normalized spacial score (nSPS) is 27.3. The number of carbonyl (C=O) groups excluding carboxylic acids is 3. The predicted octanol–water partition coefficient (Wildman–Crippen LogP) is 1.12. The first kappa shape index (κ1) is 20.1. The van der Waals surface area contributed by atoms with E-state index in [0.29, 0.717) is 32.7 Å². The van der Waals surface area contributed by atoms with Gasteiger partial charge in [-0.1, -0.05) is 0 Å². The Bertz CT molecular complexity index is 574. The second kappa shape index (κ2) is 8.59. The van der Waals surface area contributed by atoms with Gasteiger partial charge >= 0.3 is 0 Å². The molecule has 0 aromatic heterocycles. The summed E-state index contributed by atoms with van der Waals surface area (Å²) in [4.78, 5) is 42.6. The molecular formula is C20H33N3O4. The van der Waals surface area contributed by atoms with Gasteiger partial charge in [0.15, 0.2) is 0 Å². The number of piperidine rings is 3. The molecule has 3 heterocycles. The van der Waals surface area contributed by atoms with Crippen LogP contribution in [0.1, 0.15) is 45.4 Å². The fourth-order valence-electron chi connectivity index (χ4n) is 4.94. The quantitative estimate of drug-likeness (QED) is 0.734. The van der Waals surface area contributed by atoms with Crippen molar-refractivity contribution in [2.45, 2.75) is 45.4 Å². The summed E-state index contributed by atoms with van der Waals surface area (Å²) in [6.07, 6.45) is 5.06. The van der Waals surface area contributed by atoms with E-state index in [0.717, 1.165) is 51.7 Å². The zero-order valence-corrected chi connectivity index (χ0v) is 16.7. The number of methoxy groups -OCH3 is 1. The third-order valence-electron chi connectivity index (χ3n) is 6.58. The van der Waals surface area contributed by atoms with Gasteiger partial charge in [-0.05, 0) is 32.1 Å². The number of ether oxygens (including phenoxy) is 1. The lowest BCUT2D eigenvalue weighted by atomic mass is 9.73. The van der Waals surface area contributed by atoms with Gasteiger partial charge in [0.25, 0.3) is 0 Å². The topological polar surface area (TPSA) is 70.2 Å². The number of likely N-dealkylation sites (tertiary alicyclic amines) is 3. The minimum atomic E-state index is 0.0329. The predicted molar refractivity (Wildman–Crippen MR) is 101 cm³/mol. The van der Waals surface area contributed by atoms with Gasteiger partial charge in [0.2, 0.25) is 17.7 Å². The lowest BCUT2D eigenvalue weighted by Crippen LogP contribution is -2.56. The Morgan fingerprint density at radius 3 is 2.52 bits per heavy atom. The molecule has 3 fully saturated rings. The maximum absolute atomic E-state index is 13.1. The summed E-state index contributed by atoms with van der Waals surface area (Å²) in [6.45, 7) is 6.47. The smallest absolute Gasteiger partial charge is 0.225 e. The molecule has 0 saturated carbocycles. The lowest BCUT2D eigenvalue weighted by Gasteiger charge is -2.49. The van der Waals surface area contributed by atoms with Crippen molar-refractivity contribution in [3.8, 4) is 0 Å². The zero-order chi connectivity index (χ0) is 19.4. The molecule has 1 atom stereocenters. The first-order valence-corrected chi connectivity index (χ1v) is 10.3. The standard InChI is InChI=1S/C20H33N3O4/c1-16(24)21-10-5-17(6-11-21)19(26)23-9-3-7-20(15-23)8-4-18(25)22(14-20)12-13-27-2/h17H,3-15H2,1-2H3. The van der Waals surface area contributed by atoms with Crippen LogP contribution < -0.4 is 0 Å². The van der Waals surface area contributed by atoms with E-state index in [1.165, 1.54) is 0 Å². The number of nitrogens with zero attached hydrogens (tertiary/aromatic N) is 3. The van der Waals surface area contributed by atoms with E-state index in [2.05, 4.69) is 0 Å². The maximum atomic E-state index is 13.1. The van der Waals surface area contributed by atoms with Crippen molar-refractivity contribution < 1.29 is 19.1 Å². The average Bonchev–Trinajstić information content (AvgIpc) is 2.68. The fourth-order valence-corrected chi connectivity index (χ4v) is 4.94. The number of amides is 3. The molecule has 1 unspecified atom stereocenters. The molecule has 0 aromatic rings. The molecule has 0 aliphatic carbocycles. The fraction of sp³-hybridized carbons (Fsp3) is 0.850. The summed E-state index contributed by atoms with van der Waals surface area (Å²) >= 11 is 0. The molecule has 0 bridgehead atoms. The van der Waals surface area contributed by atoms with Crippen molar-refractivity contribution in [3.05, 3.63) is 0 Å². The first-order valence-electron chi connectivity index (χ1n) is 10.3. The van der Waals surface area contributed by atoms with Crippen LogP contribution in [0.15, 0.2) is 0 Å². The Kier molecular flexibility index (Phi) is 6.40. The van der Waals surface area contributed by atoms with E-state index in [1.54, 1.807) is 14.0 Å². The minimum absolute atomic E-state index is 0.0329. The Morgan fingerprint density at radius 1 is 1.11 bits per heavy atom.